The summed E-state index contributed by atoms with van der Waals surface area (Å²) in [4.78, 5) is 12.0. The minimum atomic E-state index is -0.0301. The van der Waals surface area contributed by atoms with Gasteiger partial charge in [0.25, 0.3) is 5.91 Å². The Balaban J connectivity index is 1.78. The Morgan fingerprint density at radius 1 is 1.47 bits per heavy atom. The molecular formula is C13H16N2O2. The number of hydrogen-bond donors (Lipinski definition) is 2. The molecule has 1 fully saturated rings. The molecule has 2 N–H and O–H groups in total. The van der Waals surface area contributed by atoms with Crippen LogP contribution in [0.5, 0.6) is 5.75 Å². The second-order valence-electron chi connectivity index (χ2n) is 4.61. The summed E-state index contributed by atoms with van der Waals surface area (Å²) in [7, 11) is 0. The predicted octanol–water partition coefficient (Wildman–Crippen LogP) is 1.63. The van der Waals surface area contributed by atoms with E-state index in [4.69, 9.17) is 4.74 Å². The summed E-state index contributed by atoms with van der Waals surface area (Å²) in [5, 5.41) is 6.19. The molecular weight excluding hydrogens is 216 g/mol. The smallest absolute Gasteiger partial charge is 0.255 e. The van der Waals surface area contributed by atoms with Crippen molar-refractivity contribution in [3.63, 3.8) is 0 Å². The molecule has 1 aromatic carbocycles. The molecule has 0 saturated heterocycles. The van der Waals surface area contributed by atoms with Crippen LogP contribution in [-0.4, -0.2) is 25.6 Å². The number of hydrogen-bond acceptors (Lipinski definition) is 3. The second kappa shape index (κ2) is 4.28. The average molecular weight is 232 g/mol. The van der Waals surface area contributed by atoms with Crippen LogP contribution in [0.2, 0.25) is 0 Å². The summed E-state index contributed by atoms with van der Waals surface area (Å²) in [6.07, 6.45) is 2.48. The van der Waals surface area contributed by atoms with E-state index in [1.165, 1.54) is 12.8 Å². The SMILES string of the molecule is O=C(NCC1CC1)c1cccc2c1OCCN2. The van der Waals surface area contributed by atoms with Gasteiger partial charge in [0.2, 0.25) is 0 Å². The largest absolute Gasteiger partial charge is 0.489 e. The monoisotopic (exact) mass is 232 g/mol. The van der Waals surface area contributed by atoms with Crippen LogP contribution >= 0.6 is 0 Å². The van der Waals surface area contributed by atoms with Crippen LogP contribution in [0.4, 0.5) is 5.69 Å². The van der Waals surface area contributed by atoms with Gasteiger partial charge in [-0.25, -0.2) is 0 Å². The number of ether oxygens (including phenoxy) is 1. The molecule has 1 aliphatic heterocycles. The first-order valence-electron chi connectivity index (χ1n) is 6.12. The lowest BCUT2D eigenvalue weighted by molar-refractivity contribution is 0.0947. The molecule has 0 radical (unpaired) electrons. The Morgan fingerprint density at radius 3 is 3.18 bits per heavy atom. The number of para-hydroxylation sites is 1. The minimum Gasteiger partial charge on any atom is -0.489 e. The van der Waals surface area contributed by atoms with Gasteiger partial charge in [0.1, 0.15) is 6.61 Å². The maximum atomic E-state index is 12.0. The fraction of sp³-hybridized carbons (Fsp3) is 0.462. The van der Waals surface area contributed by atoms with E-state index in [0.29, 0.717) is 23.8 Å². The molecule has 90 valence electrons. The topological polar surface area (TPSA) is 50.4 Å². The Labute approximate surface area is 100 Å². The molecule has 1 heterocycles. The van der Waals surface area contributed by atoms with Gasteiger partial charge < -0.3 is 15.4 Å². The standard InChI is InChI=1S/C13H16N2O2/c16-13(15-8-9-4-5-9)10-2-1-3-11-12(10)17-7-6-14-11/h1-3,9,14H,4-8H2,(H,15,16). The molecule has 1 aromatic rings. The van der Waals surface area contributed by atoms with E-state index < -0.39 is 0 Å². The quantitative estimate of drug-likeness (QED) is 0.832. The van der Waals surface area contributed by atoms with E-state index in [2.05, 4.69) is 10.6 Å². The summed E-state index contributed by atoms with van der Waals surface area (Å²) in [5.41, 5.74) is 1.55. The lowest BCUT2D eigenvalue weighted by atomic mass is 10.1. The molecule has 1 amide bonds. The van der Waals surface area contributed by atoms with E-state index in [1.807, 2.05) is 18.2 Å². The number of carbonyl (C=O) groups excluding carboxylic acids is 1. The van der Waals surface area contributed by atoms with E-state index >= 15 is 0 Å². The molecule has 2 aliphatic rings. The van der Waals surface area contributed by atoms with Crippen LogP contribution in [0.25, 0.3) is 0 Å². The van der Waals surface area contributed by atoms with Crippen LogP contribution in [0.15, 0.2) is 18.2 Å². The zero-order valence-corrected chi connectivity index (χ0v) is 9.66. The van der Waals surface area contributed by atoms with Gasteiger partial charge in [0.15, 0.2) is 5.75 Å². The normalized spacial score (nSPS) is 17.6. The van der Waals surface area contributed by atoms with Gasteiger partial charge in [0.05, 0.1) is 11.3 Å². The predicted molar refractivity (Wildman–Crippen MR) is 65.5 cm³/mol. The van der Waals surface area contributed by atoms with Crippen molar-refractivity contribution in [2.75, 3.05) is 25.0 Å². The first-order valence-corrected chi connectivity index (χ1v) is 6.12. The number of amides is 1. The van der Waals surface area contributed by atoms with Gasteiger partial charge in [-0.1, -0.05) is 6.07 Å². The first-order chi connectivity index (χ1) is 8.34. The van der Waals surface area contributed by atoms with Gasteiger partial charge in [0, 0.05) is 13.1 Å². The van der Waals surface area contributed by atoms with E-state index in [9.17, 15) is 4.79 Å². The Kier molecular flexibility index (Phi) is 2.63. The van der Waals surface area contributed by atoms with Gasteiger partial charge in [-0.05, 0) is 30.9 Å². The molecule has 0 spiro atoms. The molecule has 0 unspecified atom stereocenters. The van der Waals surface area contributed by atoms with Gasteiger partial charge >= 0.3 is 0 Å². The molecule has 1 aliphatic carbocycles. The van der Waals surface area contributed by atoms with Gasteiger partial charge in [-0.2, -0.15) is 0 Å². The number of fused-ring (bicyclic) bond motifs is 1. The Morgan fingerprint density at radius 2 is 2.35 bits per heavy atom. The highest BCUT2D eigenvalue weighted by Gasteiger charge is 2.23. The van der Waals surface area contributed by atoms with Crippen molar-refractivity contribution >= 4 is 11.6 Å². The minimum absolute atomic E-state index is 0.0301. The fourth-order valence-corrected chi connectivity index (χ4v) is 2.00. The number of anilines is 1. The van der Waals surface area contributed by atoms with E-state index in [1.54, 1.807) is 0 Å². The maximum absolute atomic E-state index is 12.0. The van der Waals surface area contributed by atoms with Crippen molar-refractivity contribution in [2.24, 2.45) is 5.92 Å². The van der Waals surface area contributed by atoms with Gasteiger partial charge in [-0.15, -0.1) is 0 Å². The van der Waals surface area contributed by atoms with Crippen molar-refractivity contribution in [2.45, 2.75) is 12.8 Å². The molecule has 0 bridgehead atoms. The number of rotatable bonds is 3. The van der Waals surface area contributed by atoms with Crippen LogP contribution in [0.1, 0.15) is 23.2 Å². The van der Waals surface area contributed by atoms with E-state index in [0.717, 1.165) is 18.8 Å². The summed E-state index contributed by atoms with van der Waals surface area (Å²) in [5.74, 6) is 1.35. The van der Waals surface area contributed by atoms with Crippen molar-refractivity contribution in [3.05, 3.63) is 23.8 Å². The number of benzene rings is 1. The van der Waals surface area contributed by atoms with Crippen molar-refractivity contribution < 1.29 is 9.53 Å². The molecule has 0 aromatic heterocycles. The highest BCUT2D eigenvalue weighted by atomic mass is 16.5. The first kappa shape index (κ1) is 10.4. The molecule has 4 heteroatoms. The average Bonchev–Trinajstić information content (AvgIpc) is 3.19. The van der Waals surface area contributed by atoms with Crippen LogP contribution in [0.3, 0.4) is 0 Å². The molecule has 0 atom stereocenters. The van der Waals surface area contributed by atoms with E-state index in [-0.39, 0.29) is 5.91 Å². The van der Waals surface area contributed by atoms with Crippen molar-refractivity contribution in [3.8, 4) is 5.75 Å². The highest BCUT2D eigenvalue weighted by Crippen LogP contribution is 2.31. The Bertz CT molecular complexity index is 441. The summed E-state index contributed by atoms with van der Waals surface area (Å²) in [6, 6.07) is 5.63. The lowest BCUT2D eigenvalue weighted by Crippen LogP contribution is -2.27. The third-order valence-electron chi connectivity index (χ3n) is 3.17. The summed E-state index contributed by atoms with van der Waals surface area (Å²) in [6.45, 7) is 2.19. The maximum Gasteiger partial charge on any atom is 0.255 e. The third kappa shape index (κ3) is 2.20. The molecule has 3 rings (SSSR count). The van der Waals surface area contributed by atoms with Crippen LogP contribution < -0.4 is 15.4 Å². The summed E-state index contributed by atoms with van der Waals surface area (Å²) < 4.78 is 5.57. The molecule has 17 heavy (non-hydrogen) atoms. The lowest BCUT2D eigenvalue weighted by Gasteiger charge is -2.21. The summed E-state index contributed by atoms with van der Waals surface area (Å²) >= 11 is 0. The fourth-order valence-electron chi connectivity index (χ4n) is 2.00. The number of nitrogens with one attached hydrogen (secondary N) is 2. The third-order valence-corrected chi connectivity index (χ3v) is 3.17. The van der Waals surface area contributed by atoms with Crippen molar-refractivity contribution in [1.82, 2.24) is 5.32 Å². The van der Waals surface area contributed by atoms with Crippen LogP contribution in [-0.2, 0) is 0 Å². The number of carbonyl (C=O) groups is 1. The molecule has 1 saturated carbocycles. The second-order valence-corrected chi connectivity index (χ2v) is 4.61. The zero-order chi connectivity index (χ0) is 11.7. The zero-order valence-electron chi connectivity index (χ0n) is 9.66. The highest BCUT2D eigenvalue weighted by molar-refractivity contribution is 5.99. The van der Waals surface area contributed by atoms with Crippen LogP contribution in [0, 0.1) is 5.92 Å². The Hall–Kier alpha value is -1.71. The van der Waals surface area contributed by atoms with Crippen molar-refractivity contribution in [1.29, 1.82) is 0 Å². The molecule has 4 nitrogen and oxygen atoms in total. The van der Waals surface area contributed by atoms with Gasteiger partial charge in [-0.3, -0.25) is 4.79 Å².